The van der Waals surface area contributed by atoms with Crippen LogP contribution in [0.5, 0.6) is 0 Å². The number of ether oxygens (including phenoxy) is 1. The lowest BCUT2D eigenvalue weighted by Crippen LogP contribution is -2.03. The summed E-state index contributed by atoms with van der Waals surface area (Å²) < 4.78 is 6.05. The molecule has 0 amide bonds. The SMILES string of the molecule is CCOCc1nc(Cl)cc(Nc2cccc(Cl)c2Br)n1. The standard InChI is InChI=1S/C13H12BrCl2N3O/c1-2-20-7-12-18-10(16)6-11(19-12)17-9-5-3-4-8(15)13(9)14/h3-6H,2,7H2,1H3,(H,17,18,19). The highest BCUT2D eigenvalue weighted by Crippen LogP contribution is 2.32. The number of nitrogens with one attached hydrogen (secondary N) is 1. The number of hydrogen-bond donors (Lipinski definition) is 1. The molecule has 0 bridgehead atoms. The van der Waals surface area contributed by atoms with Crippen molar-refractivity contribution >= 4 is 50.6 Å². The van der Waals surface area contributed by atoms with Crippen LogP contribution >= 0.6 is 39.1 Å². The fraction of sp³-hybridized carbons (Fsp3) is 0.231. The Kier molecular flexibility index (Phi) is 5.60. The first-order valence-electron chi connectivity index (χ1n) is 5.92. The highest BCUT2D eigenvalue weighted by atomic mass is 79.9. The predicted molar refractivity (Wildman–Crippen MR) is 84.8 cm³/mol. The molecule has 20 heavy (non-hydrogen) atoms. The summed E-state index contributed by atoms with van der Waals surface area (Å²) in [6.45, 7) is 2.83. The van der Waals surface area contributed by atoms with Crippen molar-refractivity contribution in [2.45, 2.75) is 13.5 Å². The van der Waals surface area contributed by atoms with Crippen molar-refractivity contribution in [3.8, 4) is 0 Å². The number of benzene rings is 1. The van der Waals surface area contributed by atoms with Crippen LogP contribution in [0.25, 0.3) is 0 Å². The molecule has 0 saturated heterocycles. The van der Waals surface area contributed by atoms with E-state index in [2.05, 4.69) is 31.2 Å². The molecule has 0 saturated carbocycles. The second-order valence-corrected chi connectivity index (χ2v) is 5.44. The van der Waals surface area contributed by atoms with Gasteiger partial charge in [-0.1, -0.05) is 29.3 Å². The maximum atomic E-state index is 6.05. The number of halogens is 3. The Balaban J connectivity index is 2.24. The predicted octanol–water partition coefficient (Wildman–Crippen LogP) is 4.83. The van der Waals surface area contributed by atoms with Gasteiger partial charge in [0.15, 0.2) is 5.82 Å². The van der Waals surface area contributed by atoms with Crippen molar-refractivity contribution in [2.24, 2.45) is 0 Å². The van der Waals surface area contributed by atoms with Gasteiger partial charge in [-0.15, -0.1) is 0 Å². The summed E-state index contributed by atoms with van der Waals surface area (Å²) in [4.78, 5) is 8.45. The molecule has 2 rings (SSSR count). The summed E-state index contributed by atoms with van der Waals surface area (Å²) in [5, 5.41) is 4.12. The van der Waals surface area contributed by atoms with Crippen molar-refractivity contribution < 1.29 is 4.74 Å². The third kappa shape index (κ3) is 4.06. The van der Waals surface area contributed by atoms with Crippen LogP contribution in [0.4, 0.5) is 11.5 Å². The lowest BCUT2D eigenvalue weighted by atomic mass is 10.3. The van der Waals surface area contributed by atoms with Crippen molar-refractivity contribution in [2.75, 3.05) is 11.9 Å². The maximum Gasteiger partial charge on any atom is 0.158 e. The van der Waals surface area contributed by atoms with E-state index >= 15 is 0 Å². The molecule has 1 aromatic heterocycles. The van der Waals surface area contributed by atoms with Gasteiger partial charge < -0.3 is 10.1 Å². The Morgan fingerprint density at radius 1 is 1.30 bits per heavy atom. The molecule has 1 heterocycles. The Labute approximate surface area is 135 Å². The molecule has 0 radical (unpaired) electrons. The fourth-order valence-electron chi connectivity index (χ4n) is 1.52. The molecule has 0 spiro atoms. The topological polar surface area (TPSA) is 47.0 Å². The highest BCUT2D eigenvalue weighted by Gasteiger charge is 2.07. The van der Waals surface area contributed by atoms with E-state index in [-0.39, 0.29) is 0 Å². The zero-order chi connectivity index (χ0) is 14.5. The molecule has 2 aromatic rings. The minimum absolute atomic E-state index is 0.322. The van der Waals surface area contributed by atoms with Gasteiger partial charge in [0.05, 0.1) is 15.2 Å². The lowest BCUT2D eigenvalue weighted by Gasteiger charge is -2.10. The molecule has 0 aliphatic heterocycles. The fourth-order valence-corrected chi connectivity index (χ4v) is 2.26. The quantitative estimate of drug-likeness (QED) is 0.759. The van der Waals surface area contributed by atoms with Gasteiger partial charge in [0.2, 0.25) is 0 Å². The summed E-state index contributed by atoms with van der Waals surface area (Å²) in [5.41, 5.74) is 0.801. The summed E-state index contributed by atoms with van der Waals surface area (Å²) in [7, 11) is 0. The molecular weight excluding hydrogens is 365 g/mol. The van der Waals surface area contributed by atoms with Gasteiger partial charge in [0.25, 0.3) is 0 Å². The van der Waals surface area contributed by atoms with Crippen molar-refractivity contribution in [3.63, 3.8) is 0 Å². The molecule has 1 aromatic carbocycles. The average Bonchev–Trinajstić information content (AvgIpc) is 2.41. The average molecular weight is 377 g/mol. The Morgan fingerprint density at radius 2 is 2.10 bits per heavy atom. The third-order valence-electron chi connectivity index (χ3n) is 2.39. The molecular formula is C13H12BrCl2N3O. The summed E-state index contributed by atoms with van der Waals surface area (Å²) >= 11 is 15.4. The molecule has 0 aliphatic rings. The van der Waals surface area contributed by atoms with E-state index in [9.17, 15) is 0 Å². The minimum Gasteiger partial charge on any atom is -0.374 e. The van der Waals surface area contributed by atoms with Crippen LogP contribution in [0, 0.1) is 0 Å². The smallest absolute Gasteiger partial charge is 0.158 e. The van der Waals surface area contributed by atoms with Crippen LogP contribution in [-0.4, -0.2) is 16.6 Å². The van der Waals surface area contributed by atoms with Gasteiger partial charge in [0.1, 0.15) is 17.6 Å². The van der Waals surface area contributed by atoms with E-state index in [1.807, 2.05) is 19.1 Å². The van der Waals surface area contributed by atoms with Crippen LogP contribution in [0.2, 0.25) is 10.2 Å². The molecule has 0 atom stereocenters. The normalized spacial score (nSPS) is 10.6. The van der Waals surface area contributed by atoms with E-state index in [1.165, 1.54) is 0 Å². The van der Waals surface area contributed by atoms with Crippen molar-refractivity contribution in [1.29, 1.82) is 0 Å². The summed E-state index contributed by atoms with van der Waals surface area (Å²) in [6, 6.07) is 7.17. The number of nitrogens with zero attached hydrogens (tertiary/aromatic N) is 2. The highest BCUT2D eigenvalue weighted by molar-refractivity contribution is 9.10. The summed E-state index contributed by atoms with van der Waals surface area (Å²) in [6.07, 6.45) is 0. The zero-order valence-electron chi connectivity index (χ0n) is 10.7. The van der Waals surface area contributed by atoms with Gasteiger partial charge >= 0.3 is 0 Å². The first-order chi connectivity index (χ1) is 9.60. The number of aromatic nitrogens is 2. The zero-order valence-corrected chi connectivity index (χ0v) is 13.8. The second-order valence-electron chi connectivity index (χ2n) is 3.86. The third-order valence-corrected chi connectivity index (χ3v) is 3.98. The van der Waals surface area contributed by atoms with Crippen LogP contribution in [0.1, 0.15) is 12.7 Å². The van der Waals surface area contributed by atoms with Gasteiger partial charge in [-0.25, -0.2) is 9.97 Å². The van der Waals surface area contributed by atoms with Gasteiger partial charge in [-0.3, -0.25) is 0 Å². The second kappa shape index (κ2) is 7.22. The Morgan fingerprint density at radius 3 is 2.85 bits per heavy atom. The molecule has 1 N–H and O–H groups in total. The summed E-state index contributed by atoms with van der Waals surface area (Å²) in [5.74, 6) is 1.11. The number of anilines is 2. The van der Waals surface area contributed by atoms with E-state index in [4.69, 9.17) is 27.9 Å². The lowest BCUT2D eigenvalue weighted by molar-refractivity contribution is 0.128. The van der Waals surface area contributed by atoms with Crippen LogP contribution in [0.15, 0.2) is 28.7 Å². The Bertz CT molecular complexity index is 610. The van der Waals surface area contributed by atoms with Gasteiger partial charge in [0, 0.05) is 12.7 Å². The monoisotopic (exact) mass is 375 g/mol. The molecule has 7 heteroatoms. The molecule has 106 valence electrons. The van der Waals surface area contributed by atoms with Gasteiger partial charge in [-0.2, -0.15) is 0 Å². The first-order valence-corrected chi connectivity index (χ1v) is 7.47. The number of hydrogen-bond acceptors (Lipinski definition) is 4. The van der Waals surface area contributed by atoms with E-state index < -0.39 is 0 Å². The van der Waals surface area contributed by atoms with Crippen molar-refractivity contribution in [3.05, 3.63) is 44.7 Å². The van der Waals surface area contributed by atoms with Crippen LogP contribution in [-0.2, 0) is 11.3 Å². The van der Waals surface area contributed by atoms with Crippen LogP contribution in [0.3, 0.4) is 0 Å². The maximum absolute atomic E-state index is 6.05. The molecule has 0 fully saturated rings. The molecule has 4 nitrogen and oxygen atoms in total. The van der Waals surface area contributed by atoms with E-state index in [0.717, 1.165) is 10.2 Å². The van der Waals surface area contributed by atoms with Gasteiger partial charge in [-0.05, 0) is 35.0 Å². The molecule has 0 aliphatic carbocycles. The van der Waals surface area contributed by atoms with Crippen molar-refractivity contribution in [1.82, 2.24) is 9.97 Å². The van der Waals surface area contributed by atoms with E-state index in [1.54, 1.807) is 12.1 Å². The Hall–Kier alpha value is -0.880. The minimum atomic E-state index is 0.322. The largest absolute Gasteiger partial charge is 0.374 e. The number of rotatable bonds is 5. The van der Waals surface area contributed by atoms with E-state index in [0.29, 0.717) is 35.0 Å². The van der Waals surface area contributed by atoms with Crippen LogP contribution < -0.4 is 5.32 Å². The molecule has 0 unspecified atom stereocenters. The first kappa shape index (κ1) is 15.5.